The lowest BCUT2D eigenvalue weighted by Crippen LogP contribution is -2.59. The summed E-state index contributed by atoms with van der Waals surface area (Å²) < 4.78 is 15.1. The number of nitrogens with zero attached hydrogens (tertiary/aromatic N) is 5. The Morgan fingerprint density at radius 2 is 1.89 bits per heavy atom. The van der Waals surface area contributed by atoms with E-state index in [1.807, 2.05) is 44.2 Å². The Hall–Kier alpha value is -3.61. The summed E-state index contributed by atoms with van der Waals surface area (Å²) in [6.45, 7) is 9.03. The summed E-state index contributed by atoms with van der Waals surface area (Å²) in [5.41, 5.74) is 3.45. The molecule has 2 fully saturated rings. The lowest BCUT2D eigenvalue weighted by molar-refractivity contribution is -0.123. The van der Waals surface area contributed by atoms with Crippen molar-refractivity contribution in [2.45, 2.75) is 29.8 Å². The molecule has 12 heteroatoms. The molecule has 11 nitrogen and oxygen atoms in total. The normalized spacial score (nSPS) is 17.6. The summed E-state index contributed by atoms with van der Waals surface area (Å²) in [5.74, 6) is 0.0678. The van der Waals surface area contributed by atoms with Crippen molar-refractivity contribution in [1.82, 2.24) is 35.3 Å². The number of piperazine rings is 1. The largest absolute Gasteiger partial charge is 0.369 e. The molecule has 2 aromatic carbocycles. The van der Waals surface area contributed by atoms with Crippen LogP contribution in [0.5, 0.6) is 0 Å². The molecule has 4 heterocycles. The third-order valence-electron chi connectivity index (χ3n) is 7.27. The highest BCUT2D eigenvalue weighted by atomic mass is 32.2. The number of aromatic amines is 1. The molecule has 1 amide bonds. The summed E-state index contributed by atoms with van der Waals surface area (Å²) >= 11 is 0. The minimum absolute atomic E-state index is 0.0678. The van der Waals surface area contributed by atoms with Crippen LogP contribution >= 0.6 is 0 Å². The van der Waals surface area contributed by atoms with Crippen LogP contribution in [0.2, 0.25) is 0 Å². The van der Waals surface area contributed by atoms with E-state index >= 15 is 0 Å². The molecule has 2 aliphatic heterocycles. The highest BCUT2D eigenvalue weighted by Gasteiger charge is 2.24. The van der Waals surface area contributed by atoms with Gasteiger partial charge in [-0.05, 0) is 43.7 Å². The number of fused-ring (bicyclic) bond motifs is 3. The standard InChI is InChI=1S/C26H30N8O3S/c1-16-3-6-22(17(2)11-16)38(37)26-24-29-25(36)20-5-4-19(12-21(20)34(24)31-30-26)33-9-7-32(8-10-33)15-23(35)28-18-13-27-14-18/h3-6,11-12,18,27,31H,7-10,13-15H2,1-2H3,(H,28,35). The zero-order chi connectivity index (χ0) is 26.4. The first-order valence-electron chi connectivity index (χ1n) is 12.7. The summed E-state index contributed by atoms with van der Waals surface area (Å²) in [4.78, 5) is 34.5. The van der Waals surface area contributed by atoms with Crippen LogP contribution in [0.15, 0.2) is 51.1 Å². The molecule has 38 heavy (non-hydrogen) atoms. The van der Waals surface area contributed by atoms with Gasteiger partial charge in [-0.2, -0.15) is 4.98 Å². The van der Waals surface area contributed by atoms with Gasteiger partial charge in [0.15, 0.2) is 10.7 Å². The Balaban J connectivity index is 1.24. The Bertz CT molecular complexity index is 1620. The molecule has 0 saturated carbocycles. The summed E-state index contributed by atoms with van der Waals surface area (Å²) in [6, 6.07) is 11.6. The van der Waals surface area contributed by atoms with Gasteiger partial charge >= 0.3 is 0 Å². The maximum atomic E-state index is 13.4. The summed E-state index contributed by atoms with van der Waals surface area (Å²) in [5, 5.41) is 14.1. The minimum Gasteiger partial charge on any atom is -0.369 e. The van der Waals surface area contributed by atoms with Crippen LogP contribution < -0.4 is 21.1 Å². The molecular weight excluding hydrogens is 504 g/mol. The van der Waals surface area contributed by atoms with Crippen molar-refractivity contribution in [3.63, 3.8) is 0 Å². The lowest BCUT2D eigenvalue weighted by Gasteiger charge is -2.36. The quantitative estimate of drug-likeness (QED) is 0.328. The maximum absolute atomic E-state index is 13.4. The predicted molar refractivity (Wildman–Crippen MR) is 145 cm³/mol. The smallest absolute Gasteiger partial charge is 0.281 e. The topological polar surface area (TPSA) is 128 Å². The second-order valence-corrected chi connectivity index (χ2v) is 11.4. The zero-order valence-electron chi connectivity index (χ0n) is 21.4. The van der Waals surface area contributed by atoms with E-state index in [4.69, 9.17) is 0 Å². The van der Waals surface area contributed by atoms with Crippen LogP contribution in [0, 0.1) is 13.8 Å². The highest BCUT2D eigenvalue weighted by molar-refractivity contribution is 7.85. The van der Waals surface area contributed by atoms with Gasteiger partial charge in [0.1, 0.15) is 10.8 Å². The van der Waals surface area contributed by atoms with Gasteiger partial charge in [-0.15, -0.1) is 5.10 Å². The molecule has 0 bridgehead atoms. The summed E-state index contributed by atoms with van der Waals surface area (Å²) in [7, 11) is -1.60. The Morgan fingerprint density at radius 3 is 2.61 bits per heavy atom. The maximum Gasteiger partial charge on any atom is 0.281 e. The van der Waals surface area contributed by atoms with Gasteiger partial charge in [0.25, 0.3) is 5.56 Å². The predicted octanol–water partition coefficient (Wildman–Crippen LogP) is 0.564. The molecule has 0 spiro atoms. The number of aromatic nitrogens is 4. The van der Waals surface area contributed by atoms with Crippen molar-refractivity contribution in [3.05, 3.63) is 57.9 Å². The molecule has 0 radical (unpaired) electrons. The van der Waals surface area contributed by atoms with Crippen molar-refractivity contribution < 1.29 is 9.00 Å². The fourth-order valence-corrected chi connectivity index (χ4v) is 6.24. The van der Waals surface area contributed by atoms with Crippen molar-refractivity contribution in [1.29, 1.82) is 0 Å². The number of anilines is 1. The molecule has 2 saturated heterocycles. The van der Waals surface area contributed by atoms with Crippen LogP contribution in [0.25, 0.3) is 16.6 Å². The van der Waals surface area contributed by atoms with Gasteiger partial charge in [0, 0.05) is 49.9 Å². The number of amides is 1. The molecular formula is C26H30N8O3S. The average molecular weight is 535 g/mol. The SMILES string of the molecule is Cc1ccc(S(=O)c2n[nH]n3c2nc(=O)c2ccc(N4CCN(CC(=O)NC5CNC5)CC4)cc23)c(C)c1. The number of hydrogen-bond acceptors (Lipinski definition) is 8. The average Bonchev–Trinajstić information content (AvgIpc) is 3.30. The fraction of sp³-hybridized carbons (Fsp3) is 0.385. The van der Waals surface area contributed by atoms with E-state index in [2.05, 4.69) is 35.7 Å². The molecule has 4 aromatic rings. The molecule has 198 valence electrons. The molecule has 6 rings (SSSR count). The van der Waals surface area contributed by atoms with Gasteiger partial charge in [-0.1, -0.05) is 17.7 Å². The molecule has 2 aromatic heterocycles. The van der Waals surface area contributed by atoms with Crippen molar-refractivity contribution >= 4 is 38.9 Å². The van der Waals surface area contributed by atoms with Gasteiger partial charge in [0.2, 0.25) is 5.91 Å². The monoisotopic (exact) mass is 534 g/mol. The number of carbonyl (C=O) groups is 1. The van der Waals surface area contributed by atoms with Crippen LogP contribution in [-0.2, 0) is 15.6 Å². The van der Waals surface area contributed by atoms with Crippen LogP contribution in [0.1, 0.15) is 11.1 Å². The zero-order valence-corrected chi connectivity index (χ0v) is 22.2. The van der Waals surface area contributed by atoms with Gasteiger partial charge in [-0.25, -0.2) is 13.9 Å². The molecule has 2 aliphatic rings. The minimum atomic E-state index is -1.60. The van der Waals surface area contributed by atoms with Crippen LogP contribution in [-0.4, -0.2) is 86.7 Å². The van der Waals surface area contributed by atoms with Crippen molar-refractivity contribution in [3.8, 4) is 0 Å². The molecule has 1 atom stereocenters. The van der Waals surface area contributed by atoms with E-state index in [1.165, 1.54) is 0 Å². The van der Waals surface area contributed by atoms with Gasteiger partial charge < -0.3 is 15.5 Å². The third kappa shape index (κ3) is 4.59. The van der Waals surface area contributed by atoms with E-state index < -0.39 is 10.8 Å². The van der Waals surface area contributed by atoms with E-state index in [-0.39, 0.29) is 28.2 Å². The Labute approximate surface area is 221 Å². The third-order valence-corrected chi connectivity index (χ3v) is 8.75. The molecule has 1 unspecified atom stereocenters. The number of benzene rings is 2. The van der Waals surface area contributed by atoms with E-state index in [0.717, 1.165) is 56.1 Å². The van der Waals surface area contributed by atoms with Gasteiger partial charge in [0.05, 0.1) is 23.5 Å². The van der Waals surface area contributed by atoms with E-state index in [9.17, 15) is 13.8 Å². The first kappa shape index (κ1) is 24.7. The Kier molecular flexibility index (Phi) is 6.46. The van der Waals surface area contributed by atoms with E-state index in [1.54, 1.807) is 10.6 Å². The lowest BCUT2D eigenvalue weighted by atomic mass is 10.1. The van der Waals surface area contributed by atoms with Crippen molar-refractivity contribution in [2.75, 3.05) is 50.7 Å². The van der Waals surface area contributed by atoms with Crippen LogP contribution in [0.4, 0.5) is 5.69 Å². The number of nitrogens with one attached hydrogen (secondary N) is 3. The molecule has 3 N–H and O–H groups in total. The van der Waals surface area contributed by atoms with Crippen LogP contribution in [0.3, 0.4) is 0 Å². The second kappa shape index (κ2) is 9.93. The second-order valence-electron chi connectivity index (χ2n) is 10.0. The number of H-pyrrole nitrogens is 1. The first-order chi connectivity index (χ1) is 18.4. The number of aryl methyl sites for hydroxylation is 2. The molecule has 0 aliphatic carbocycles. The Morgan fingerprint density at radius 1 is 1.11 bits per heavy atom. The summed E-state index contributed by atoms with van der Waals surface area (Å²) in [6.07, 6.45) is 0. The number of hydrogen-bond donors (Lipinski definition) is 3. The fourth-order valence-electron chi connectivity index (χ4n) is 5.06. The van der Waals surface area contributed by atoms with Gasteiger partial charge in [-0.3, -0.25) is 14.5 Å². The van der Waals surface area contributed by atoms with Crippen molar-refractivity contribution in [2.24, 2.45) is 0 Å². The number of carbonyl (C=O) groups excluding carboxylic acids is 1. The number of rotatable bonds is 6. The highest BCUT2D eigenvalue weighted by Crippen LogP contribution is 2.25. The van der Waals surface area contributed by atoms with E-state index in [0.29, 0.717) is 22.3 Å². The first-order valence-corrected chi connectivity index (χ1v) is 13.9.